The topological polar surface area (TPSA) is 87.8 Å². The van der Waals surface area contributed by atoms with E-state index < -0.39 is 16.0 Å². The van der Waals surface area contributed by atoms with Gasteiger partial charge in [-0.15, -0.1) is 0 Å². The van der Waals surface area contributed by atoms with Crippen molar-refractivity contribution in [2.45, 2.75) is 45.4 Å². The monoisotopic (exact) mass is 315 g/mol. The second-order valence-electron chi connectivity index (χ2n) is 6.33. The smallest absolute Gasteiger partial charge is 0.340 e. The minimum atomic E-state index is -3.86. The third kappa shape index (κ3) is 2.85. The van der Waals surface area contributed by atoms with E-state index in [0.29, 0.717) is 13.1 Å². The standard InChI is InChI=1S/C14H21NO5S/c1-9-11(13(16)17)12(10(2)20-9)21(18,19)15-7-5-6-14(3,4)8-15/h5-8H2,1-4H3,(H,16,17). The molecule has 0 spiro atoms. The van der Waals surface area contributed by atoms with Gasteiger partial charge in [-0.1, -0.05) is 13.8 Å². The molecule has 1 aromatic rings. The van der Waals surface area contributed by atoms with Crippen LogP contribution in [0.15, 0.2) is 9.31 Å². The average molecular weight is 315 g/mol. The zero-order valence-electron chi connectivity index (χ0n) is 12.8. The fourth-order valence-electron chi connectivity index (χ4n) is 2.92. The summed E-state index contributed by atoms with van der Waals surface area (Å²) in [6, 6.07) is 0. The molecule has 1 aliphatic heterocycles. The Balaban J connectivity index is 2.52. The number of aromatic carboxylic acids is 1. The number of carbonyl (C=O) groups is 1. The number of hydrogen-bond donors (Lipinski definition) is 1. The molecule has 0 amide bonds. The lowest BCUT2D eigenvalue weighted by Crippen LogP contribution is -2.43. The largest absolute Gasteiger partial charge is 0.478 e. The van der Waals surface area contributed by atoms with E-state index >= 15 is 0 Å². The van der Waals surface area contributed by atoms with Crippen LogP contribution in [-0.2, 0) is 10.0 Å². The third-order valence-electron chi connectivity index (χ3n) is 3.88. The summed E-state index contributed by atoms with van der Waals surface area (Å²) in [7, 11) is -3.86. The maximum absolute atomic E-state index is 12.8. The van der Waals surface area contributed by atoms with Gasteiger partial charge in [-0.05, 0) is 32.1 Å². The van der Waals surface area contributed by atoms with E-state index in [9.17, 15) is 18.3 Å². The van der Waals surface area contributed by atoms with Crippen LogP contribution in [0.25, 0.3) is 0 Å². The number of sulfonamides is 1. The summed E-state index contributed by atoms with van der Waals surface area (Å²) >= 11 is 0. The van der Waals surface area contributed by atoms with Crippen LogP contribution in [0, 0.1) is 19.3 Å². The minimum Gasteiger partial charge on any atom is -0.478 e. The van der Waals surface area contributed by atoms with Gasteiger partial charge in [-0.3, -0.25) is 0 Å². The van der Waals surface area contributed by atoms with Gasteiger partial charge in [0.1, 0.15) is 22.0 Å². The molecule has 1 N–H and O–H groups in total. The van der Waals surface area contributed by atoms with Crippen LogP contribution >= 0.6 is 0 Å². The molecule has 2 rings (SSSR count). The lowest BCUT2D eigenvalue weighted by Gasteiger charge is -2.37. The predicted molar refractivity (Wildman–Crippen MR) is 76.9 cm³/mol. The molecule has 0 saturated carbocycles. The van der Waals surface area contributed by atoms with E-state index in [-0.39, 0.29) is 27.4 Å². The number of hydrogen-bond acceptors (Lipinski definition) is 4. The summed E-state index contributed by atoms with van der Waals surface area (Å²) < 4.78 is 32.3. The molecular formula is C14H21NO5S. The summed E-state index contributed by atoms with van der Waals surface area (Å²) in [4.78, 5) is 11.2. The van der Waals surface area contributed by atoms with Gasteiger partial charge in [0.05, 0.1) is 0 Å². The molecule has 1 aliphatic rings. The fraction of sp³-hybridized carbons (Fsp3) is 0.643. The van der Waals surface area contributed by atoms with Gasteiger partial charge in [-0.2, -0.15) is 4.31 Å². The summed E-state index contributed by atoms with van der Waals surface area (Å²) in [6.45, 7) is 7.78. The molecule has 1 aromatic heterocycles. The Morgan fingerprint density at radius 2 is 1.90 bits per heavy atom. The molecule has 0 unspecified atom stereocenters. The highest BCUT2D eigenvalue weighted by Crippen LogP contribution is 2.35. The highest BCUT2D eigenvalue weighted by molar-refractivity contribution is 7.89. The normalized spacial score (nSPS) is 19.6. The SMILES string of the molecule is Cc1oc(C)c(S(=O)(=O)N2CCCC(C)(C)C2)c1C(=O)O. The molecule has 6 nitrogen and oxygen atoms in total. The van der Waals surface area contributed by atoms with Gasteiger partial charge in [0, 0.05) is 13.1 Å². The number of aryl methyl sites for hydroxylation is 2. The summed E-state index contributed by atoms with van der Waals surface area (Å²) in [5.74, 6) is -1.03. The van der Waals surface area contributed by atoms with Crippen molar-refractivity contribution in [3.05, 3.63) is 17.1 Å². The molecular weight excluding hydrogens is 294 g/mol. The Bertz CT molecular complexity index is 672. The van der Waals surface area contributed by atoms with Crippen LogP contribution in [0.4, 0.5) is 0 Å². The van der Waals surface area contributed by atoms with E-state index in [1.807, 2.05) is 13.8 Å². The second kappa shape index (κ2) is 5.14. The summed E-state index contributed by atoms with van der Waals surface area (Å²) in [5.41, 5.74) is -0.364. The van der Waals surface area contributed by atoms with E-state index in [0.717, 1.165) is 12.8 Å². The van der Waals surface area contributed by atoms with Crippen molar-refractivity contribution in [2.75, 3.05) is 13.1 Å². The molecule has 0 atom stereocenters. The van der Waals surface area contributed by atoms with Gasteiger partial charge in [0.25, 0.3) is 0 Å². The molecule has 0 aliphatic carbocycles. The molecule has 118 valence electrons. The summed E-state index contributed by atoms with van der Waals surface area (Å²) in [5, 5.41) is 9.28. The molecule has 1 saturated heterocycles. The quantitative estimate of drug-likeness (QED) is 0.925. The highest BCUT2D eigenvalue weighted by atomic mass is 32.2. The third-order valence-corrected chi connectivity index (χ3v) is 5.88. The number of piperidine rings is 1. The average Bonchev–Trinajstić information content (AvgIpc) is 2.63. The first-order chi connectivity index (χ1) is 9.56. The van der Waals surface area contributed by atoms with Gasteiger partial charge in [0.2, 0.25) is 10.0 Å². The zero-order chi connectivity index (χ0) is 16.0. The van der Waals surface area contributed by atoms with Crippen LogP contribution < -0.4 is 0 Å². The number of carboxylic acid groups (broad SMARTS) is 1. The lowest BCUT2D eigenvalue weighted by molar-refractivity contribution is 0.0691. The van der Waals surface area contributed by atoms with Crippen LogP contribution in [-0.4, -0.2) is 36.9 Å². The first kappa shape index (κ1) is 16.0. The van der Waals surface area contributed by atoms with Gasteiger partial charge >= 0.3 is 5.97 Å². The molecule has 21 heavy (non-hydrogen) atoms. The van der Waals surface area contributed by atoms with Gasteiger partial charge < -0.3 is 9.52 Å². The maximum atomic E-state index is 12.8. The summed E-state index contributed by atoms with van der Waals surface area (Å²) in [6.07, 6.45) is 1.72. The minimum absolute atomic E-state index is 0.110. The van der Waals surface area contributed by atoms with Crippen LogP contribution in [0.3, 0.4) is 0 Å². The van der Waals surface area contributed by atoms with E-state index in [1.54, 1.807) is 0 Å². The van der Waals surface area contributed by atoms with Crippen molar-refractivity contribution in [3.8, 4) is 0 Å². The second-order valence-corrected chi connectivity index (χ2v) is 8.20. The molecule has 7 heteroatoms. The maximum Gasteiger partial charge on any atom is 0.340 e. The Morgan fingerprint density at radius 1 is 1.29 bits per heavy atom. The van der Waals surface area contributed by atoms with Crippen molar-refractivity contribution in [1.29, 1.82) is 0 Å². The Labute approximate surface area is 124 Å². The zero-order valence-corrected chi connectivity index (χ0v) is 13.6. The van der Waals surface area contributed by atoms with Crippen LogP contribution in [0.5, 0.6) is 0 Å². The molecule has 0 aromatic carbocycles. The van der Waals surface area contributed by atoms with Crippen molar-refractivity contribution in [2.24, 2.45) is 5.41 Å². The predicted octanol–water partition coefficient (Wildman–Crippen LogP) is 2.41. The highest BCUT2D eigenvalue weighted by Gasteiger charge is 2.39. The Kier molecular flexibility index (Phi) is 3.92. The van der Waals surface area contributed by atoms with E-state index in [4.69, 9.17) is 4.42 Å². The number of rotatable bonds is 3. The van der Waals surface area contributed by atoms with Crippen LogP contribution in [0.1, 0.15) is 48.6 Å². The lowest BCUT2D eigenvalue weighted by atomic mass is 9.85. The fourth-order valence-corrected chi connectivity index (χ4v) is 4.97. The van der Waals surface area contributed by atoms with Gasteiger partial charge in [-0.25, -0.2) is 13.2 Å². The van der Waals surface area contributed by atoms with Crippen molar-refractivity contribution < 1.29 is 22.7 Å². The molecule has 2 heterocycles. The van der Waals surface area contributed by atoms with E-state index in [1.165, 1.54) is 18.2 Å². The van der Waals surface area contributed by atoms with Crippen LogP contribution in [0.2, 0.25) is 0 Å². The number of furan rings is 1. The molecule has 0 bridgehead atoms. The number of nitrogens with zero attached hydrogens (tertiary/aromatic N) is 1. The van der Waals surface area contributed by atoms with Crippen molar-refractivity contribution >= 4 is 16.0 Å². The molecule has 1 fully saturated rings. The van der Waals surface area contributed by atoms with Crippen molar-refractivity contribution in [3.63, 3.8) is 0 Å². The molecule has 0 radical (unpaired) electrons. The first-order valence-electron chi connectivity index (χ1n) is 6.90. The Morgan fingerprint density at radius 3 is 2.43 bits per heavy atom. The van der Waals surface area contributed by atoms with Gasteiger partial charge in [0.15, 0.2) is 0 Å². The Hall–Kier alpha value is -1.34. The van der Waals surface area contributed by atoms with E-state index in [2.05, 4.69) is 0 Å². The number of carboxylic acids is 1. The first-order valence-corrected chi connectivity index (χ1v) is 8.34. The van der Waals surface area contributed by atoms with Crippen molar-refractivity contribution in [1.82, 2.24) is 4.31 Å².